The quantitative estimate of drug-likeness (QED) is 0.148. The normalized spacial score (nSPS) is 10.9. The average molecular weight is 554 g/mol. The first kappa shape index (κ1) is 27.5. The van der Waals surface area contributed by atoms with Crippen molar-refractivity contribution in [2.45, 2.75) is 26.7 Å². The molecule has 0 atom stereocenters. The van der Waals surface area contributed by atoms with Crippen molar-refractivity contribution in [1.82, 2.24) is 15.0 Å². The first-order chi connectivity index (χ1) is 18.3. The number of nitrogens with one attached hydrogen (secondary N) is 3. The highest BCUT2D eigenvalue weighted by Gasteiger charge is 2.18. The Kier molecular flexibility index (Phi) is 9.31. The van der Waals surface area contributed by atoms with Crippen LogP contribution >= 0.6 is 23.5 Å². The lowest BCUT2D eigenvalue weighted by Gasteiger charge is -2.11. The Morgan fingerprint density at radius 1 is 1.03 bits per heavy atom. The number of aromatic amines is 1. The zero-order valence-corrected chi connectivity index (χ0v) is 22.8. The minimum Gasteiger partial charge on any atom is -0.494 e. The van der Waals surface area contributed by atoms with Gasteiger partial charge in [-0.25, -0.2) is 4.39 Å². The number of H-pyrrole nitrogens is 1. The largest absolute Gasteiger partial charge is 0.494 e. The maximum Gasteiger partial charge on any atom is 0.277 e. The van der Waals surface area contributed by atoms with Crippen molar-refractivity contribution >= 4 is 46.3 Å². The second-order valence-electron chi connectivity index (χ2n) is 8.86. The molecular formula is C29H29ClFN3O3S. The first-order valence-corrected chi connectivity index (χ1v) is 13.7. The fourth-order valence-electron chi connectivity index (χ4n) is 4.21. The molecule has 9 heteroatoms. The molecule has 38 heavy (non-hydrogen) atoms. The van der Waals surface area contributed by atoms with Gasteiger partial charge in [0.2, 0.25) is 0 Å². The van der Waals surface area contributed by atoms with E-state index in [1.807, 2.05) is 50.2 Å². The zero-order chi connectivity index (χ0) is 27.1. The molecule has 0 bridgehead atoms. The predicted molar refractivity (Wildman–Crippen MR) is 152 cm³/mol. The number of ether oxygens (including phenoxy) is 1. The molecule has 0 saturated heterocycles. The van der Waals surface area contributed by atoms with Crippen LogP contribution in [-0.2, 0) is 6.42 Å². The summed E-state index contributed by atoms with van der Waals surface area (Å²) in [7, 11) is 0. The summed E-state index contributed by atoms with van der Waals surface area (Å²) in [6.07, 6.45) is 1.37. The van der Waals surface area contributed by atoms with E-state index in [4.69, 9.17) is 16.3 Å². The van der Waals surface area contributed by atoms with Gasteiger partial charge in [0.15, 0.2) is 0 Å². The van der Waals surface area contributed by atoms with Gasteiger partial charge >= 0.3 is 0 Å². The number of carbonyl (C=O) groups excluding carboxylic acids is 2. The fraction of sp³-hybridized carbons (Fsp3) is 0.241. The Labute approximate surface area is 230 Å². The smallest absolute Gasteiger partial charge is 0.277 e. The summed E-state index contributed by atoms with van der Waals surface area (Å²) in [5.74, 6) is -0.0960. The van der Waals surface area contributed by atoms with Crippen LogP contribution in [-0.4, -0.2) is 35.7 Å². The highest BCUT2D eigenvalue weighted by Crippen LogP contribution is 2.27. The van der Waals surface area contributed by atoms with Crippen LogP contribution in [0.5, 0.6) is 5.75 Å². The maximum atomic E-state index is 13.7. The van der Waals surface area contributed by atoms with E-state index in [1.165, 1.54) is 30.1 Å². The summed E-state index contributed by atoms with van der Waals surface area (Å²) in [6.45, 7) is 4.68. The van der Waals surface area contributed by atoms with Crippen LogP contribution in [0.4, 0.5) is 4.39 Å². The van der Waals surface area contributed by atoms with Gasteiger partial charge in [-0.1, -0.05) is 41.9 Å². The Hall–Kier alpha value is -3.49. The van der Waals surface area contributed by atoms with Gasteiger partial charge in [-0.3, -0.25) is 14.3 Å². The Bertz CT molecular complexity index is 1430. The number of benzene rings is 3. The van der Waals surface area contributed by atoms with Gasteiger partial charge in [-0.15, -0.1) is 0 Å². The number of amides is 2. The van der Waals surface area contributed by atoms with Crippen LogP contribution in [0.3, 0.4) is 0 Å². The summed E-state index contributed by atoms with van der Waals surface area (Å²) < 4.78 is 22.5. The number of aromatic nitrogens is 1. The molecule has 6 nitrogen and oxygen atoms in total. The monoisotopic (exact) mass is 553 g/mol. The van der Waals surface area contributed by atoms with E-state index >= 15 is 0 Å². The van der Waals surface area contributed by atoms with Crippen molar-refractivity contribution in [3.05, 3.63) is 99.5 Å². The number of hydrogen-bond donors (Lipinski definition) is 3. The number of carbonyl (C=O) groups is 2. The second-order valence-corrected chi connectivity index (χ2v) is 10.1. The molecule has 0 unspecified atom stereocenters. The molecule has 4 aromatic rings. The second kappa shape index (κ2) is 12.8. The van der Waals surface area contributed by atoms with Crippen LogP contribution < -0.4 is 14.8 Å². The van der Waals surface area contributed by atoms with Crippen LogP contribution in [0.2, 0.25) is 5.02 Å². The molecule has 3 aromatic carbocycles. The van der Waals surface area contributed by atoms with E-state index in [1.54, 1.807) is 6.07 Å². The van der Waals surface area contributed by atoms with Crippen molar-refractivity contribution in [3.8, 4) is 5.75 Å². The number of aryl methyl sites for hydroxylation is 3. The maximum absolute atomic E-state index is 13.7. The molecule has 0 fully saturated rings. The van der Waals surface area contributed by atoms with Gasteiger partial charge < -0.3 is 15.0 Å². The molecule has 0 spiro atoms. The molecule has 0 aliphatic carbocycles. The summed E-state index contributed by atoms with van der Waals surface area (Å²) in [5, 5.41) is 4.41. The lowest BCUT2D eigenvalue weighted by Crippen LogP contribution is -2.28. The highest BCUT2D eigenvalue weighted by molar-refractivity contribution is 7.97. The third kappa shape index (κ3) is 6.68. The van der Waals surface area contributed by atoms with Crippen LogP contribution in [0, 0.1) is 19.7 Å². The number of hydrogen-bond acceptors (Lipinski definition) is 4. The van der Waals surface area contributed by atoms with E-state index < -0.39 is 11.7 Å². The molecule has 2 amide bonds. The predicted octanol–water partition coefficient (Wildman–Crippen LogP) is 6.40. The Morgan fingerprint density at radius 3 is 2.50 bits per heavy atom. The van der Waals surface area contributed by atoms with Crippen molar-refractivity contribution in [2.24, 2.45) is 0 Å². The Balaban J connectivity index is 1.31. The molecule has 0 aliphatic heterocycles. The van der Waals surface area contributed by atoms with E-state index in [9.17, 15) is 14.0 Å². The van der Waals surface area contributed by atoms with Gasteiger partial charge in [-0.2, -0.15) is 0 Å². The lowest BCUT2D eigenvalue weighted by molar-refractivity contribution is 0.0951. The van der Waals surface area contributed by atoms with Crippen molar-refractivity contribution in [2.75, 3.05) is 18.9 Å². The van der Waals surface area contributed by atoms with E-state index in [2.05, 4.69) is 15.0 Å². The van der Waals surface area contributed by atoms with Crippen molar-refractivity contribution in [1.29, 1.82) is 0 Å². The molecule has 4 rings (SSSR count). The van der Waals surface area contributed by atoms with Gasteiger partial charge in [0.1, 0.15) is 17.3 Å². The highest BCUT2D eigenvalue weighted by atomic mass is 35.5. The fourth-order valence-corrected chi connectivity index (χ4v) is 4.85. The summed E-state index contributed by atoms with van der Waals surface area (Å²) in [5.41, 5.74) is 4.27. The van der Waals surface area contributed by atoms with E-state index in [0.717, 1.165) is 44.8 Å². The topological polar surface area (TPSA) is 83.2 Å². The number of rotatable bonds is 11. The SMILES string of the molecule is Cc1cc(OCCCc2c(C(=O)NSCCNC(=O)c3ccccc3F)[nH]c3ccccc23)cc(C)c1Cl. The Morgan fingerprint density at radius 2 is 1.74 bits per heavy atom. The van der Waals surface area contributed by atoms with Gasteiger partial charge in [0.05, 0.1) is 12.2 Å². The van der Waals surface area contributed by atoms with Gasteiger partial charge in [0, 0.05) is 28.2 Å². The summed E-state index contributed by atoms with van der Waals surface area (Å²) >= 11 is 7.43. The van der Waals surface area contributed by atoms with E-state index in [0.29, 0.717) is 24.5 Å². The zero-order valence-electron chi connectivity index (χ0n) is 21.2. The van der Waals surface area contributed by atoms with E-state index in [-0.39, 0.29) is 18.0 Å². The van der Waals surface area contributed by atoms with Crippen LogP contribution in [0.1, 0.15) is 44.0 Å². The van der Waals surface area contributed by atoms with Crippen molar-refractivity contribution < 1.29 is 18.7 Å². The van der Waals surface area contributed by atoms with Crippen LogP contribution in [0.15, 0.2) is 60.7 Å². The average Bonchev–Trinajstić information content (AvgIpc) is 3.28. The third-order valence-electron chi connectivity index (χ3n) is 6.06. The third-order valence-corrected chi connectivity index (χ3v) is 7.40. The van der Waals surface area contributed by atoms with Gasteiger partial charge in [0.25, 0.3) is 11.8 Å². The number of fused-ring (bicyclic) bond motifs is 1. The molecule has 0 radical (unpaired) electrons. The molecule has 0 saturated carbocycles. The molecule has 198 valence electrons. The van der Waals surface area contributed by atoms with Crippen LogP contribution in [0.25, 0.3) is 10.9 Å². The first-order valence-electron chi connectivity index (χ1n) is 12.3. The molecule has 1 heterocycles. The summed E-state index contributed by atoms with van der Waals surface area (Å²) in [4.78, 5) is 28.4. The number of halogens is 2. The van der Waals surface area contributed by atoms with Crippen molar-refractivity contribution in [3.63, 3.8) is 0 Å². The molecule has 0 aliphatic rings. The molecular weight excluding hydrogens is 525 g/mol. The standard InChI is InChI=1S/C29H29ClFN3O3S/c1-18-16-20(17-19(2)26(18)30)37-14-7-10-22-21-8-4-6-12-25(21)33-27(22)29(36)34-38-15-13-32-28(35)23-9-3-5-11-24(23)31/h3-6,8-9,11-12,16-17,33H,7,10,13-15H2,1-2H3,(H,32,35)(H,34,36). The number of para-hydroxylation sites is 1. The minimum absolute atomic E-state index is 0.00503. The van der Waals surface area contributed by atoms with Gasteiger partial charge in [-0.05, 0) is 85.7 Å². The lowest BCUT2D eigenvalue weighted by atomic mass is 10.1. The minimum atomic E-state index is -0.568. The summed E-state index contributed by atoms with van der Waals surface area (Å²) in [6, 6.07) is 17.5. The molecule has 1 aromatic heterocycles. The molecule has 3 N–H and O–H groups in total.